The number of ether oxygens (including phenoxy) is 1. The zero-order valence-corrected chi connectivity index (χ0v) is 11.8. The molecule has 2 aromatic rings. The number of anilines is 2. The summed E-state index contributed by atoms with van der Waals surface area (Å²) in [6, 6.07) is 11.9. The minimum absolute atomic E-state index is 0.0962. The lowest BCUT2D eigenvalue weighted by Crippen LogP contribution is -2.27. The first kappa shape index (κ1) is 15.2. The lowest BCUT2D eigenvalue weighted by molar-refractivity contribution is -0.186. The van der Waals surface area contributed by atoms with Crippen molar-refractivity contribution in [3.05, 3.63) is 53.6 Å². The third-order valence-electron chi connectivity index (χ3n) is 3.18. The van der Waals surface area contributed by atoms with E-state index in [2.05, 4.69) is 10.1 Å². The van der Waals surface area contributed by atoms with Crippen molar-refractivity contribution < 1.29 is 17.9 Å². The van der Waals surface area contributed by atoms with Gasteiger partial charge >= 0.3 is 6.11 Å². The molecule has 112 valence electrons. The molecule has 0 saturated carbocycles. The van der Waals surface area contributed by atoms with Crippen LogP contribution in [0.25, 0.3) is 0 Å². The Labute approximate surface area is 121 Å². The zero-order valence-electron chi connectivity index (χ0n) is 11.8. The van der Waals surface area contributed by atoms with Crippen molar-refractivity contribution in [1.29, 1.82) is 0 Å². The van der Waals surface area contributed by atoms with Crippen LogP contribution in [0.3, 0.4) is 0 Å². The number of aryl methyl sites for hydroxylation is 1. The Bertz CT molecular complexity index is 629. The summed E-state index contributed by atoms with van der Waals surface area (Å²) in [4.78, 5) is 0. The molecule has 0 unspecified atom stereocenters. The first-order valence-corrected chi connectivity index (χ1v) is 6.48. The van der Waals surface area contributed by atoms with Gasteiger partial charge in [-0.05, 0) is 43.2 Å². The number of halogens is 3. The molecule has 0 saturated heterocycles. The number of para-hydroxylation sites is 2. The number of alkyl halides is 3. The Balaban J connectivity index is 2.30. The van der Waals surface area contributed by atoms with E-state index in [1.54, 1.807) is 18.2 Å². The van der Waals surface area contributed by atoms with Gasteiger partial charge in [-0.25, -0.2) is 4.39 Å². The molecule has 2 nitrogen and oxygen atoms in total. The summed E-state index contributed by atoms with van der Waals surface area (Å²) in [5.74, 6) is -0.0962. The molecular formula is C16H16F3NO. The third kappa shape index (κ3) is 3.68. The number of hydrogen-bond donors (Lipinski definition) is 1. The molecule has 0 spiro atoms. The van der Waals surface area contributed by atoms with E-state index < -0.39 is 12.8 Å². The minimum atomic E-state index is -3.83. The lowest BCUT2D eigenvalue weighted by Gasteiger charge is -2.19. The van der Waals surface area contributed by atoms with Crippen molar-refractivity contribution in [2.75, 3.05) is 12.0 Å². The monoisotopic (exact) mass is 295 g/mol. The van der Waals surface area contributed by atoms with Gasteiger partial charge in [0.1, 0.15) is 5.75 Å². The maximum absolute atomic E-state index is 13.1. The fourth-order valence-electron chi connectivity index (χ4n) is 1.88. The molecule has 1 N–H and O–H groups in total. The standard InChI is InChI=1S/C16H16F3NO/c1-11-6-5-8-13(12(11)2)20-14-7-3-4-9-15(14)21-16(18,19)10-17/h3-9,20H,10H2,1-2H3. The largest absolute Gasteiger partial charge is 0.428 e. The minimum Gasteiger partial charge on any atom is -0.428 e. The van der Waals surface area contributed by atoms with Crippen molar-refractivity contribution in [3.63, 3.8) is 0 Å². The smallest absolute Gasteiger partial charge is 0.427 e. The maximum Gasteiger partial charge on any atom is 0.427 e. The summed E-state index contributed by atoms with van der Waals surface area (Å²) in [6.45, 7) is 2.02. The average Bonchev–Trinajstić information content (AvgIpc) is 2.45. The quantitative estimate of drug-likeness (QED) is 0.839. The molecule has 2 aromatic carbocycles. The van der Waals surface area contributed by atoms with Crippen LogP contribution >= 0.6 is 0 Å². The van der Waals surface area contributed by atoms with Crippen LogP contribution in [-0.2, 0) is 0 Å². The van der Waals surface area contributed by atoms with E-state index in [0.29, 0.717) is 5.69 Å². The summed E-state index contributed by atoms with van der Waals surface area (Å²) in [6.07, 6.45) is -3.83. The molecular weight excluding hydrogens is 279 g/mol. The average molecular weight is 295 g/mol. The van der Waals surface area contributed by atoms with Crippen molar-refractivity contribution in [2.45, 2.75) is 20.0 Å². The first-order valence-electron chi connectivity index (χ1n) is 6.48. The fourth-order valence-corrected chi connectivity index (χ4v) is 1.88. The molecule has 21 heavy (non-hydrogen) atoms. The van der Waals surface area contributed by atoms with Crippen molar-refractivity contribution in [3.8, 4) is 5.75 Å². The molecule has 0 amide bonds. The van der Waals surface area contributed by atoms with Gasteiger partial charge < -0.3 is 10.1 Å². The summed E-state index contributed by atoms with van der Waals surface area (Å²) in [5.41, 5.74) is 3.23. The van der Waals surface area contributed by atoms with E-state index in [0.717, 1.165) is 16.8 Å². The SMILES string of the molecule is Cc1cccc(Nc2ccccc2OC(F)(F)CF)c1C. The van der Waals surface area contributed by atoms with E-state index in [-0.39, 0.29) is 5.75 Å². The van der Waals surface area contributed by atoms with Crippen molar-refractivity contribution in [2.24, 2.45) is 0 Å². The van der Waals surface area contributed by atoms with Crippen molar-refractivity contribution >= 4 is 11.4 Å². The highest BCUT2D eigenvalue weighted by Crippen LogP contribution is 2.33. The van der Waals surface area contributed by atoms with Gasteiger partial charge in [-0.15, -0.1) is 0 Å². The van der Waals surface area contributed by atoms with E-state index in [1.807, 2.05) is 32.0 Å². The van der Waals surface area contributed by atoms with Crippen LogP contribution in [0.1, 0.15) is 11.1 Å². The molecule has 0 aliphatic carbocycles. The Morgan fingerprint density at radius 3 is 2.38 bits per heavy atom. The Morgan fingerprint density at radius 1 is 1.00 bits per heavy atom. The maximum atomic E-state index is 13.1. The molecule has 5 heteroatoms. The molecule has 0 radical (unpaired) electrons. The van der Waals surface area contributed by atoms with Crippen LogP contribution in [0.5, 0.6) is 5.75 Å². The van der Waals surface area contributed by atoms with Gasteiger partial charge in [0.2, 0.25) is 0 Å². The number of rotatable bonds is 5. The highest BCUT2D eigenvalue weighted by Gasteiger charge is 2.32. The van der Waals surface area contributed by atoms with Gasteiger partial charge in [-0.1, -0.05) is 24.3 Å². The highest BCUT2D eigenvalue weighted by atomic mass is 19.3. The third-order valence-corrected chi connectivity index (χ3v) is 3.18. The van der Waals surface area contributed by atoms with Crippen LogP contribution in [0.4, 0.5) is 24.5 Å². The summed E-state index contributed by atoms with van der Waals surface area (Å²) < 4.78 is 42.8. The molecule has 0 aliphatic rings. The van der Waals surface area contributed by atoms with Crippen LogP contribution in [0.2, 0.25) is 0 Å². The summed E-state index contributed by atoms with van der Waals surface area (Å²) >= 11 is 0. The predicted octanol–water partition coefficient (Wildman–Crippen LogP) is 4.99. The van der Waals surface area contributed by atoms with E-state index in [9.17, 15) is 13.2 Å². The van der Waals surface area contributed by atoms with Gasteiger partial charge in [0.05, 0.1) is 5.69 Å². The van der Waals surface area contributed by atoms with Crippen molar-refractivity contribution in [1.82, 2.24) is 0 Å². The molecule has 2 rings (SSSR count). The number of hydrogen-bond acceptors (Lipinski definition) is 2. The molecule has 0 aliphatic heterocycles. The molecule has 0 bridgehead atoms. The van der Waals surface area contributed by atoms with E-state index >= 15 is 0 Å². The van der Waals surface area contributed by atoms with Crippen LogP contribution in [-0.4, -0.2) is 12.8 Å². The molecule has 0 fully saturated rings. The van der Waals surface area contributed by atoms with Crippen LogP contribution in [0, 0.1) is 13.8 Å². The van der Waals surface area contributed by atoms with E-state index in [4.69, 9.17) is 0 Å². The second-order valence-electron chi connectivity index (χ2n) is 4.74. The Morgan fingerprint density at radius 2 is 1.67 bits per heavy atom. The fraction of sp³-hybridized carbons (Fsp3) is 0.250. The highest BCUT2D eigenvalue weighted by molar-refractivity contribution is 5.69. The van der Waals surface area contributed by atoms with Crippen LogP contribution < -0.4 is 10.1 Å². The second-order valence-corrected chi connectivity index (χ2v) is 4.74. The zero-order chi connectivity index (χ0) is 15.5. The Hall–Kier alpha value is -2.17. The van der Waals surface area contributed by atoms with Gasteiger partial charge in [-0.2, -0.15) is 8.78 Å². The second kappa shape index (κ2) is 6.08. The lowest BCUT2D eigenvalue weighted by atomic mass is 10.1. The summed E-state index contributed by atoms with van der Waals surface area (Å²) in [7, 11) is 0. The van der Waals surface area contributed by atoms with Gasteiger partial charge in [0, 0.05) is 5.69 Å². The predicted molar refractivity (Wildman–Crippen MR) is 77.2 cm³/mol. The summed E-state index contributed by atoms with van der Waals surface area (Å²) in [5, 5.41) is 3.05. The van der Waals surface area contributed by atoms with Gasteiger partial charge in [0.15, 0.2) is 6.67 Å². The first-order chi connectivity index (χ1) is 9.93. The van der Waals surface area contributed by atoms with Gasteiger partial charge in [0.25, 0.3) is 0 Å². The van der Waals surface area contributed by atoms with Crippen LogP contribution in [0.15, 0.2) is 42.5 Å². The normalized spacial score (nSPS) is 11.3. The molecule has 0 aromatic heterocycles. The number of benzene rings is 2. The Kier molecular flexibility index (Phi) is 4.40. The molecule has 0 atom stereocenters. The topological polar surface area (TPSA) is 21.3 Å². The van der Waals surface area contributed by atoms with Gasteiger partial charge in [-0.3, -0.25) is 0 Å². The number of nitrogens with one attached hydrogen (secondary N) is 1. The van der Waals surface area contributed by atoms with E-state index in [1.165, 1.54) is 6.07 Å². The molecule has 0 heterocycles.